The lowest BCUT2D eigenvalue weighted by molar-refractivity contribution is -0.114. The lowest BCUT2D eigenvalue weighted by Gasteiger charge is -2.48. The molecule has 2 saturated heterocycles. The number of para-hydroxylation sites is 1. The van der Waals surface area contributed by atoms with E-state index in [9.17, 15) is 4.79 Å². The number of hydrogen-bond acceptors (Lipinski definition) is 5. The monoisotopic (exact) mass is 466 g/mol. The van der Waals surface area contributed by atoms with Crippen LogP contribution in [0.4, 0.5) is 5.69 Å². The van der Waals surface area contributed by atoms with E-state index in [4.69, 9.17) is 11.5 Å². The van der Waals surface area contributed by atoms with Gasteiger partial charge in [-0.2, -0.15) is 11.8 Å². The number of piperidine rings is 1. The second-order valence-electron chi connectivity index (χ2n) is 9.82. The zero-order chi connectivity index (χ0) is 23.6. The van der Waals surface area contributed by atoms with Gasteiger partial charge in [0.05, 0.1) is 17.0 Å². The number of nitrogens with zero attached hydrogens (tertiary/aromatic N) is 2. The van der Waals surface area contributed by atoms with Crippen molar-refractivity contribution < 1.29 is 4.79 Å². The van der Waals surface area contributed by atoms with E-state index in [0.717, 1.165) is 85.8 Å². The minimum Gasteiger partial charge on any atom is -0.366 e. The van der Waals surface area contributed by atoms with Crippen LogP contribution in [0.1, 0.15) is 51.5 Å². The van der Waals surface area contributed by atoms with Gasteiger partial charge in [0, 0.05) is 24.4 Å². The number of hydrogen-bond donors (Lipinski definition) is 2. The molecule has 0 saturated carbocycles. The molecule has 3 aliphatic heterocycles. The fourth-order valence-electron chi connectivity index (χ4n) is 5.18. The Balaban J connectivity index is 1.93. The molecule has 6 heteroatoms. The number of amides is 1. The largest absolute Gasteiger partial charge is 0.366 e. The summed E-state index contributed by atoms with van der Waals surface area (Å²) in [6, 6.07) is 8.48. The normalized spacial score (nSPS) is 22.1. The molecule has 3 aliphatic rings. The number of carbonyl (C=O) groups excluding carboxylic acids is 1. The van der Waals surface area contributed by atoms with Crippen molar-refractivity contribution in [2.75, 3.05) is 36.0 Å². The first-order chi connectivity index (χ1) is 15.9. The molecule has 178 valence electrons. The summed E-state index contributed by atoms with van der Waals surface area (Å²) < 4.78 is 0. The SMILES string of the molecule is CCC/C=C1\C(C(N)=O)=C2CCSCC2=C(N2CCC(C)(CN)CC2)N1c1ccccc1C. The molecule has 0 atom stereocenters. The van der Waals surface area contributed by atoms with Gasteiger partial charge in [-0.25, -0.2) is 0 Å². The summed E-state index contributed by atoms with van der Waals surface area (Å²) in [4.78, 5) is 17.8. The number of fused-ring (bicyclic) bond motifs is 1. The zero-order valence-corrected chi connectivity index (χ0v) is 21.1. The Hall–Kier alpha value is -2.18. The van der Waals surface area contributed by atoms with E-state index in [0.29, 0.717) is 0 Å². The molecule has 0 aliphatic carbocycles. The molecule has 4 N–H and O–H groups in total. The summed E-state index contributed by atoms with van der Waals surface area (Å²) in [6.45, 7) is 9.30. The lowest BCUT2D eigenvalue weighted by atomic mass is 9.80. The van der Waals surface area contributed by atoms with Crippen LogP contribution in [0.15, 0.2) is 58.6 Å². The molecular weight excluding hydrogens is 428 g/mol. The average molecular weight is 467 g/mol. The average Bonchev–Trinajstić information content (AvgIpc) is 2.82. The van der Waals surface area contributed by atoms with Gasteiger partial charge in [-0.15, -0.1) is 0 Å². The van der Waals surface area contributed by atoms with Crippen molar-refractivity contribution in [1.29, 1.82) is 0 Å². The summed E-state index contributed by atoms with van der Waals surface area (Å²) in [7, 11) is 0. The number of primary amides is 1. The van der Waals surface area contributed by atoms with Crippen LogP contribution in [-0.4, -0.2) is 41.9 Å². The molecule has 0 bridgehead atoms. The van der Waals surface area contributed by atoms with Gasteiger partial charge in [0.1, 0.15) is 5.82 Å². The molecule has 3 heterocycles. The number of allylic oxidation sites excluding steroid dienone is 2. The summed E-state index contributed by atoms with van der Waals surface area (Å²) >= 11 is 1.95. The molecule has 1 aromatic rings. The minimum absolute atomic E-state index is 0.198. The molecule has 0 spiro atoms. The number of unbranched alkanes of at least 4 members (excludes halogenated alkanes) is 1. The Bertz CT molecular complexity index is 1000. The van der Waals surface area contributed by atoms with Crippen LogP contribution in [0.5, 0.6) is 0 Å². The molecule has 33 heavy (non-hydrogen) atoms. The van der Waals surface area contributed by atoms with Crippen LogP contribution in [0, 0.1) is 12.3 Å². The van der Waals surface area contributed by atoms with Crippen molar-refractivity contribution in [2.24, 2.45) is 16.9 Å². The Morgan fingerprint density at radius 3 is 2.58 bits per heavy atom. The first-order valence-electron chi connectivity index (χ1n) is 12.3. The van der Waals surface area contributed by atoms with Gasteiger partial charge in [0.25, 0.3) is 5.91 Å². The van der Waals surface area contributed by atoms with Crippen LogP contribution in [0.3, 0.4) is 0 Å². The first kappa shape index (κ1) is 24.0. The molecule has 2 fully saturated rings. The quantitative estimate of drug-likeness (QED) is 0.636. The van der Waals surface area contributed by atoms with Crippen molar-refractivity contribution in [3.63, 3.8) is 0 Å². The van der Waals surface area contributed by atoms with Gasteiger partial charge in [-0.3, -0.25) is 9.69 Å². The minimum atomic E-state index is -0.316. The lowest BCUT2D eigenvalue weighted by Crippen LogP contribution is -2.48. The topological polar surface area (TPSA) is 75.6 Å². The van der Waals surface area contributed by atoms with Gasteiger partial charge >= 0.3 is 0 Å². The Morgan fingerprint density at radius 1 is 1.21 bits per heavy atom. The van der Waals surface area contributed by atoms with Crippen molar-refractivity contribution in [3.8, 4) is 0 Å². The molecule has 1 aromatic carbocycles. The molecule has 5 nitrogen and oxygen atoms in total. The third-order valence-electron chi connectivity index (χ3n) is 7.38. The Kier molecular flexibility index (Phi) is 7.25. The molecule has 4 rings (SSSR count). The highest BCUT2D eigenvalue weighted by molar-refractivity contribution is 7.99. The van der Waals surface area contributed by atoms with Gasteiger partial charge in [-0.1, -0.05) is 44.5 Å². The van der Waals surface area contributed by atoms with Crippen molar-refractivity contribution in [2.45, 2.75) is 52.9 Å². The molecule has 0 unspecified atom stereocenters. The van der Waals surface area contributed by atoms with E-state index in [1.165, 1.54) is 17.0 Å². The predicted molar refractivity (Wildman–Crippen MR) is 140 cm³/mol. The number of anilines is 1. The Morgan fingerprint density at radius 2 is 1.94 bits per heavy atom. The maximum Gasteiger partial charge on any atom is 0.251 e. The van der Waals surface area contributed by atoms with Gasteiger partial charge < -0.3 is 16.4 Å². The zero-order valence-electron chi connectivity index (χ0n) is 20.3. The fourth-order valence-corrected chi connectivity index (χ4v) is 6.18. The Labute approximate surface area is 202 Å². The third kappa shape index (κ3) is 4.60. The highest BCUT2D eigenvalue weighted by Gasteiger charge is 2.40. The number of thioether (sulfide) groups is 1. The maximum atomic E-state index is 12.9. The highest BCUT2D eigenvalue weighted by Crippen LogP contribution is 2.46. The van der Waals surface area contributed by atoms with E-state index >= 15 is 0 Å². The van der Waals surface area contributed by atoms with Gasteiger partial charge in [0.15, 0.2) is 0 Å². The first-order valence-corrected chi connectivity index (χ1v) is 13.4. The van der Waals surface area contributed by atoms with Crippen molar-refractivity contribution >= 4 is 23.4 Å². The highest BCUT2D eigenvalue weighted by atomic mass is 32.2. The van der Waals surface area contributed by atoms with Crippen LogP contribution >= 0.6 is 11.8 Å². The smallest absolute Gasteiger partial charge is 0.251 e. The standard InChI is InChI=1S/C27H38N4OS/c1-4-5-9-23-24(25(29)32)20-11-16-33-17-21(20)26(30-14-12-27(3,18-28)13-15-30)31(23)22-10-7-6-8-19(22)2/h6-10H,4-5,11-18,28H2,1-3H3,(H2,29,32)/b23-9+. The summed E-state index contributed by atoms with van der Waals surface area (Å²) in [6.07, 6.45) is 7.19. The summed E-state index contributed by atoms with van der Waals surface area (Å²) in [5.41, 5.74) is 18.8. The third-order valence-corrected chi connectivity index (χ3v) is 8.37. The van der Waals surface area contributed by atoms with Gasteiger partial charge in [-0.05, 0) is 67.5 Å². The van der Waals surface area contributed by atoms with Crippen LogP contribution in [-0.2, 0) is 4.79 Å². The van der Waals surface area contributed by atoms with E-state index in [-0.39, 0.29) is 11.3 Å². The van der Waals surface area contributed by atoms with Crippen molar-refractivity contribution in [3.05, 3.63) is 64.1 Å². The van der Waals surface area contributed by atoms with E-state index in [1.54, 1.807) is 0 Å². The number of likely N-dealkylation sites (tertiary alicyclic amines) is 1. The number of nitrogens with two attached hydrogens (primary N) is 2. The second-order valence-corrected chi connectivity index (χ2v) is 10.9. The number of carbonyl (C=O) groups is 1. The summed E-state index contributed by atoms with van der Waals surface area (Å²) in [5, 5.41) is 0. The second kappa shape index (κ2) is 9.98. The predicted octanol–water partition coefficient (Wildman–Crippen LogP) is 4.69. The van der Waals surface area contributed by atoms with Crippen LogP contribution < -0.4 is 16.4 Å². The van der Waals surface area contributed by atoms with Crippen LogP contribution in [0.25, 0.3) is 0 Å². The molecular formula is C27H38N4OS. The van der Waals surface area contributed by atoms with E-state index in [2.05, 4.69) is 60.9 Å². The molecule has 0 radical (unpaired) electrons. The number of aryl methyl sites for hydroxylation is 1. The van der Waals surface area contributed by atoms with E-state index in [1.807, 2.05) is 11.8 Å². The van der Waals surface area contributed by atoms with E-state index < -0.39 is 0 Å². The number of benzene rings is 1. The number of rotatable bonds is 6. The molecule has 1 amide bonds. The van der Waals surface area contributed by atoms with Crippen molar-refractivity contribution in [1.82, 2.24) is 4.90 Å². The molecule has 0 aromatic heterocycles. The maximum absolute atomic E-state index is 12.9. The summed E-state index contributed by atoms with van der Waals surface area (Å²) in [5.74, 6) is 2.87. The van der Waals surface area contributed by atoms with Crippen LogP contribution in [0.2, 0.25) is 0 Å². The fraction of sp³-hybridized carbons (Fsp3) is 0.519. The van der Waals surface area contributed by atoms with Gasteiger partial charge in [0.2, 0.25) is 0 Å².